The van der Waals surface area contributed by atoms with Crippen molar-refractivity contribution in [1.29, 1.82) is 0 Å². The summed E-state index contributed by atoms with van der Waals surface area (Å²) in [6.45, 7) is 0.672. The predicted octanol–water partition coefficient (Wildman–Crippen LogP) is 3.40. The molecule has 2 aromatic carbocycles. The largest absolute Gasteiger partial charge is 0.271 e. The van der Waals surface area contributed by atoms with Gasteiger partial charge in [-0.15, -0.1) is 22.5 Å². The highest BCUT2D eigenvalue weighted by atomic mass is 32.1. The van der Waals surface area contributed by atoms with Crippen LogP contribution < -0.4 is 0 Å². The van der Waals surface area contributed by atoms with Gasteiger partial charge in [0.1, 0.15) is 5.82 Å². The summed E-state index contributed by atoms with van der Waals surface area (Å²) in [5.74, 6) is 4.09. The van der Waals surface area contributed by atoms with Gasteiger partial charge in [0.05, 0.1) is 6.54 Å². The van der Waals surface area contributed by atoms with Crippen LogP contribution >= 0.6 is 12.2 Å². The lowest BCUT2D eigenvalue weighted by Crippen LogP contribution is -2.06. The number of hydrogen-bond donors (Lipinski definition) is 2. The van der Waals surface area contributed by atoms with Crippen LogP contribution in [-0.2, 0) is 13.0 Å². The van der Waals surface area contributed by atoms with Crippen LogP contribution in [0.5, 0.6) is 0 Å². The van der Waals surface area contributed by atoms with Gasteiger partial charge in [0.25, 0.3) is 0 Å². The van der Waals surface area contributed by atoms with Gasteiger partial charge in [0.2, 0.25) is 10.6 Å². The van der Waals surface area contributed by atoms with E-state index in [1.165, 1.54) is 0 Å². The average molecular weight is 387 g/mol. The number of hydrogen-bond acceptors (Lipinski definition) is 5. The number of nitrogens with one attached hydrogen (secondary N) is 2. The highest BCUT2D eigenvalue weighted by molar-refractivity contribution is 7.71. The monoisotopic (exact) mass is 387 g/mol. The van der Waals surface area contributed by atoms with E-state index in [9.17, 15) is 0 Å². The number of terminal acetylenes is 1. The van der Waals surface area contributed by atoms with E-state index in [2.05, 4.69) is 60.9 Å². The van der Waals surface area contributed by atoms with E-state index in [0.29, 0.717) is 30.0 Å². The molecule has 2 N–H and O–H groups in total. The smallest absolute Gasteiger partial charge is 0.213 e. The highest BCUT2D eigenvalue weighted by Gasteiger charge is 2.11. The van der Waals surface area contributed by atoms with Gasteiger partial charge in [0.15, 0.2) is 0 Å². The second-order valence-electron chi connectivity index (χ2n) is 6.21. The van der Waals surface area contributed by atoms with Crippen LogP contribution in [0.25, 0.3) is 22.5 Å². The third kappa shape index (κ3) is 3.75. The van der Waals surface area contributed by atoms with Gasteiger partial charge in [-0.1, -0.05) is 48.5 Å². The Kier molecular flexibility index (Phi) is 5.08. The van der Waals surface area contributed by atoms with Crippen LogP contribution in [0.15, 0.2) is 48.5 Å². The van der Waals surface area contributed by atoms with Crippen LogP contribution in [-0.4, -0.2) is 35.4 Å². The molecule has 0 unspecified atom stereocenters. The summed E-state index contributed by atoms with van der Waals surface area (Å²) >= 11 is 5.17. The fourth-order valence-corrected chi connectivity index (χ4v) is 3.28. The Bertz CT molecular complexity index is 1160. The zero-order valence-electron chi connectivity index (χ0n) is 15.0. The molecule has 0 aliphatic rings. The van der Waals surface area contributed by atoms with E-state index < -0.39 is 0 Å². The standard InChI is InChI=1S/C20H17N7S/c1-2-3-12-27-18(21-20(28)24-27)13-14-8-10-15(11-9-14)16-6-4-5-7-17(16)19-22-25-26-23-19/h1,4-11H,3,12-13H2,(H,24,28)(H,22,23,25,26). The molecular formula is C20H17N7S. The summed E-state index contributed by atoms with van der Waals surface area (Å²) < 4.78 is 2.39. The molecule has 0 saturated carbocycles. The molecule has 0 aliphatic carbocycles. The van der Waals surface area contributed by atoms with Crippen LogP contribution in [0, 0.1) is 17.1 Å². The molecule has 0 saturated heterocycles. The average Bonchev–Trinajstić information content (AvgIpc) is 3.37. The summed E-state index contributed by atoms with van der Waals surface area (Å²) in [4.78, 5) is 4.41. The Morgan fingerprint density at radius 3 is 2.57 bits per heavy atom. The number of tetrazole rings is 1. The first-order valence-electron chi connectivity index (χ1n) is 8.76. The summed E-state index contributed by atoms with van der Waals surface area (Å²) in [5, 5.41) is 17.4. The zero-order valence-corrected chi connectivity index (χ0v) is 15.8. The van der Waals surface area contributed by atoms with Crippen molar-refractivity contribution < 1.29 is 0 Å². The van der Waals surface area contributed by atoms with Crippen molar-refractivity contribution in [2.24, 2.45) is 0 Å². The van der Waals surface area contributed by atoms with Crippen molar-refractivity contribution in [1.82, 2.24) is 35.4 Å². The van der Waals surface area contributed by atoms with Crippen LogP contribution in [0.3, 0.4) is 0 Å². The van der Waals surface area contributed by atoms with E-state index in [-0.39, 0.29) is 0 Å². The first-order chi connectivity index (χ1) is 13.7. The van der Waals surface area contributed by atoms with Crippen molar-refractivity contribution in [3.63, 3.8) is 0 Å². The maximum Gasteiger partial charge on any atom is 0.213 e. The Morgan fingerprint density at radius 1 is 1.07 bits per heavy atom. The lowest BCUT2D eigenvalue weighted by atomic mass is 9.98. The second kappa shape index (κ2) is 7.98. The minimum atomic E-state index is 0.470. The Labute approximate surface area is 166 Å². The molecule has 28 heavy (non-hydrogen) atoms. The molecule has 0 bridgehead atoms. The molecule has 4 aromatic rings. The fraction of sp³-hybridized carbons (Fsp3) is 0.150. The summed E-state index contributed by atoms with van der Waals surface area (Å²) in [6, 6.07) is 16.3. The molecule has 2 heterocycles. The Morgan fingerprint density at radius 2 is 1.86 bits per heavy atom. The molecule has 0 atom stereocenters. The van der Waals surface area contributed by atoms with Crippen LogP contribution in [0.1, 0.15) is 17.8 Å². The van der Waals surface area contributed by atoms with Crippen LogP contribution in [0.2, 0.25) is 0 Å². The van der Waals surface area contributed by atoms with E-state index in [4.69, 9.17) is 18.6 Å². The molecular weight excluding hydrogens is 370 g/mol. The van der Waals surface area contributed by atoms with Gasteiger partial charge in [-0.2, -0.15) is 5.21 Å². The molecule has 2 aromatic heterocycles. The van der Waals surface area contributed by atoms with Crippen molar-refractivity contribution in [3.05, 3.63) is 64.7 Å². The maximum atomic E-state index is 5.37. The number of benzene rings is 2. The number of H-pyrrole nitrogens is 2. The molecule has 0 radical (unpaired) electrons. The van der Waals surface area contributed by atoms with E-state index >= 15 is 0 Å². The van der Waals surface area contributed by atoms with Crippen molar-refractivity contribution in [3.8, 4) is 34.9 Å². The first-order valence-corrected chi connectivity index (χ1v) is 9.17. The third-order valence-electron chi connectivity index (χ3n) is 4.39. The van der Waals surface area contributed by atoms with Gasteiger partial charge in [-0.05, 0) is 34.1 Å². The van der Waals surface area contributed by atoms with E-state index in [0.717, 1.165) is 28.1 Å². The predicted molar refractivity (Wildman–Crippen MR) is 109 cm³/mol. The first kappa shape index (κ1) is 17.8. The molecule has 4 rings (SSSR count). The highest BCUT2D eigenvalue weighted by Crippen LogP contribution is 2.29. The zero-order chi connectivity index (χ0) is 19.3. The quantitative estimate of drug-likeness (QED) is 0.391. The summed E-state index contributed by atoms with van der Waals surface area (Å²) in [6.07, 6.45) is 6.66. The maximum absolute atomic E-state index is 5.37. The molecule has 0 amide bonds. The third-order valence-corrected chi connectivity index (χ3v) is 4.58. The van der Waals surface area contributed by atoms with Crippen molar-refractivity contribution >= 4 is 12.2 Å². The van der Waals surface area contributed by atoms with Crippen molar-refractivity contribution in [2.45, 2.75) is 19.4 Å². The van der Waals surface area contributed by atoms with Gasteiger partial charge < -0.3 is 0 Å². The van der Waals surface area contributed by atoms with Gasteiger partial charge in [-0.25, -0.2) is 4.98 Å². The van der Waals surface area contributed by atoms with Crippen molar-refractivity contribution in [2.75, 3.05) is 0 Å². The number of rotatable bonds is 6. The van der Waals surface area contributed by atoms with Crippen LogP contribution in [0.4, 0.5) is 0 Å². The molecule has 0 spiro atoms. The summed E-state index contributed by atoms with van der Waals surface area (Å²) in [7, 11) is 0. The fourth-order valence-electron chi connectivity index (χ4n) is 3.07. The summed E-state index contributed by atoms with van der Waals surface area (Å²) in [5.41, 5.74) is 4.19. The number of nitrogens with zero attached hydrogens (tertiary/aromatic N) is 5. The van der Waals surface area contributed by atoms with E-state index in [1.807, 2.05) is 28.9 Å². The van der Waals surface area contributed by atoms with Gasteiger partial charge in [-0.3, -0.25) is 9.78 Å². The Hall–Kier alpha value is -3.57. The molecule has 0 fully saturated rings. The lowest BCUT2D eigenvalue weighted by molar-refractivity contribution is 0.598. The molecule has 138 valence electrons. The lowest BCUT2D eigenvalue weighted by Gasteiger charge is -2.09. The number of aromatic nitrogens is 7. The number of aryl methyl sites for hydroxylation is 1. The minimum Gasteiger partial charge on any atom is -0.271 e. The van der Waals surface area contributed by atoms with Gasteiger partial charge in [0, 0.05) is 18.4 Å². The normalized spacial score (nSPS) is 10.7. The second-order valence-corrected chi connectivity index (χ2v) is 6.59. The topological polar surface area (TPSA) is 88.1 Å². The SMILES string of the molecule is C#CCCn1[nH]c(=S)nc1Cc1ccc(-c2ccccc2-c2nn[nH]n2)cc1. The Balaban J connectivity index is 1.60. The number of aromatic amines is 2. The molecule has 7 nitrogen and oxygen atoms in total. The minimum absolute atomic E-state index is 0.470. The van der Waals surface area contributed by atoms with Gasteiger partial charge >= 0.3 is 0 Å². The molecule has 0 aliphatic heterocycles. The van der Waals surface area contributed by atoms with E-state index in [1.54, 1.807) is 0 Å². The molecule has 8 heteroatoms.